The van der Waals surface area contributed by atoms with E-state index in [2.05, 4.69) is 13.2 Å². The van der Waals surface area contributed by atoms with E-state index >= 15 is 0 Å². The summed E-state index contributed by atoms with van der Waals surface area (Å²) in [6, 6.07) is 0. The monoisotopic (exact) mass is 152 g/mol. The molecule has 0 aromatic carbocycles. The van der Waals surface area contributed by atoms with Crippen LogP contribution in [0.4, 0.5) is 0 Å². The smallest absolute Gasteiger partial charge is 0.198 e. The molecule has 0 saturated carbocycles. The molecule has 0 aromatic heterocycles. The molecule has 11 heavy (non-hydrogen) atoms. The van der Waals surface area contributed by atoms with Gasteiger partial charge >= 0.3 is 0 Å². The van der Waals surface area contributed by atoms with Crippen LogP contribution in [0.2, 0.25) is 0 Å². The normalized spacial score (nSPS) is 9.18. The molecule has 0 unspecified atom stereocenters. The van der Waals surface area contributed by atoms with Crippen molar-refractivity contribution in [2.24, 2.45) is 5.92 Å². The van der Waals surface area contributed by atoms with Gasteiger partial charge in [0.25, 0.3) is 0 Å². The van der Waals surface area contributed by atoms with Gasteiger partial charge in [0.2, 0.25) is 0 Å². The van der Waals surface area contributed by atoms with Crippen LogP contribution in [0.3, 0.4) is 0 Å². The maximum Gasteiger partial charge on any atom is 0.198 e. The molecule has 0 radical (unpaired) electrons. The fourth-order valence-electron chi connectivity index (χ4n) is 0.827. The first-order valence-corrected chi connectivity index (χ1v) is 3.47. The SMILES string of the molecule is C=CCC(CC=C)C(=O)C=O. The van der Waals surface area contributed by atoms with Crippen molar-refractivity contribution in [2.75, 3.05) is 0 Å². The summed E-state index contributed by atoms with van der Waals surface area (Å²) in [7, 11) is 0. The molecule has 2 heteroatoms. The Morgan fingerprint density at radius 3 is 2.00 bits per heavy atom. The van der Waals surface area contributed by atoms with E-state index in [0.717, 1.165) is 0 Å². The molecular formula is C9H12O2. The van der Waals surface area contributed by atoms with Gasteiger partial charge in [-0.15, -0.1) is 13.2 Å². The molecule has 0 atom stereocenters. The maximum absolute atomic E-state index is 10.8. The van der Waals surface area contributed by atoms with E-state index in [9.17, 15) is 9.59 Å². The lowest BCUT2D eigenvalue weighted by molar-refractivity contribution is -0.132. The predicted octanol–water partition coefficient (Wildman–Crippen LogP) is 1.52. The van der Waals surface area contributed by atoms with Crippen LogP contribution in [0.15, 0.2) is 25.3 Å². The summed E-state index contributed by atoms with van der Waals surface area (Å²) in [5.74, 6) is -0.618. The van der Waals surface area contributed by atoms with Crippen molar-refractivity contribution in [1.29, 1.82) is 0 Å². The summed E-state index contributed by atoms with van der Waals surface area (Å²) in [6.07, 6.45) is 4.72. The summed E-state index contributed by atoms with van der Waals surface area (Å²) < 4.78 is 0. The number of carbonyl (C=O) groups excluding carboxylic acids is 2. The Morgan fingerprint density at radius 1 is 1.27 bits per heavy atom. The molecule has 0 rings (SSSR count). The zero-order valence-electron chi connectivity index (χ0n) is 6.45. The van der Waals surface area contributed by atoms with Crippen LogP contribution in [0, 0.1) is 5.92 Å². The summed E-state index contributed by atoms with van der Waals surface area (Å²) in [6.45, 7) is 6.99. The summed E-state index contributed by atoms with van der Waals surface area (Å²) in [5, 5.41) is 0. The highest BCUT2D eigenvalue weighted by Crippen LogP contribution is 2.09. The van der Waals surface area contributed by atoms with Gasteiger partial charge in [0.15, 0.2) is 12.1 Å². The minimum atomic E-state index is -0.371. The summed E-state index contributed by atoms with van der Waals surface area (Å²) in [4.78, 5) is 20.9. The molecule has 2 nitrogen and oxygen atoms in total. The summed E-state index contributed by atoms with van der Waals surface area (Å²) in [5.41, 5.74) is 0. The lowest BCUT2D eigenvalue weighted by Crippen LogP contribution is -2.13. The average molecular weight is 152 g/mol. The zero-order valence-corrected chi connectivity index (χ0v) is 6.45. The second-order valence-corrected chi connectivity index (χ2v) is 2.27. The van der Waals surface area contributed by atoms with Gasteiger partial charge in [-0.25, -0.2) is 0 Å². The predicted molar refractivity (Wildman–Crippen MR) is 44.2 cm³/mol. The number of carbonyl (C=O) groups is 2. The quantitative estimate of drug-likeness (QED) is 0.328. The van der Waals surface area contributed by atoms with Crippen LogP contribution in [-0.4, -0.2) is 12.1 Å². The molecule has 0 N–H and O–H groups in total. The first-order valence-electron chi connectivity index (χ1n) is 3.47. The molecule has 0 aliphatic rings. The molecular weight excluding hydrogens is 140 g/mol. The molecule has 60 valence electrons. The Labute approximate surface area is 66.6 Å². The number of aldehydes is 1. The summed E-state index contributed by atoms with van der Waals surface area (Å²) >= 11 is 0. The molecule has 0 aliphatic carbocycles. The standard InChI is InChI=1S/C9H12O2/c1-3-5-8(6-4-2)9(11)7-10/h3-4,7-8H,1-2,5-6H2. The second-order valence-electron chi connectivity index (χ2n) is 2.27. The van der Waals surface area contributed by atoms with E-state index in [0.29, 0.717) is 19.1 Å². The van der Waals surface area contributed by atoms with Gasteiger partial charge in [-0.05, 0) is 12.8 Å². The van der Waals surface area contributed by atoms with E-state index in [1.165, 1.54) is 0 Å². The van der Waals surface area contributed by atoms with Crippen LogP contribution in [0.1, 0.15) is 12.8 Å². The topological polar surface area (TPSA) is 34.1 Å². The van der Waals surface area contributed by atoms with Crippen molar-refractivity contribution in [2.45, 2.75) is 12.8 Å². The molecule has 0 saturated heterocycles. The van der Waals surface area contributed by atoms with Gasteiger partial charge in [0.1, 0.15) is 0 Å². The Kier molecular flexibility index (Phi) is 4.99. The Balaban J connectivity index is 4.06. The molecule has 0 fully saturated rings. The average Bonchev–Trinajstić information content (AvgIpc) is 2.03. The Bertz CT molecular complexity index is 160. The van der Waals surface area contributed by atoms with E-state index < -0.39 is 0 Å². The first-order chi connectivity index (χ1) is 5.26. The number of allylic oxidation sites excluding steroid dienone is 2. The van der Waals surface area contributed by atoms with E-state index in [1.807, 2.05) is 0 Å². The van der Waals surface area contributed by atoms with Gasteiger partial charge in [-0.2, -0.15) is 0 Å². The lowest BCUT2D eigenvalue weighted by atomic mass is 9.97. The number of ketones is 1. The largest absolute Gasteiger partial charge is 0.295 e. The fraction of sp³-hybridized carbons (Fsp3) is 0.333. The molecule has 0 aliphatic heterocycles. The second kappa shape index (κ2) is 5.59. The van der Waals surface area contributed by atoms with Crippen molar-refractivity contribution in [3.8, 4) is 0 Å². The minimum Gasteiger partial charge on any atom is -0.295 e. The van der Waals surface area contributed by atoms with Crippen molar-refractivity contribution in [1.82, 2.24) is 0 Å². The fourth-order valence-corrected chi connectivity index (χ4v) is 0.827. The van der Waals surface area contributed by atoms with Crippen molar-refractivity contribution in [3.63, 3.8) is 0 Å². The molecule has 0 spiro atoms. The van der Waals surface area contributed by atoms with Crippen LogP contribution < -0.4 is 0 Å². The molecule has 0 amide bonds. The highest BCUT2D eigenvalue weighted by Gasteiger charge is 2.13. The van der Waals surface area contributed by atoms with E-state index in [1.54, 1.807) is 12.2 Å². The van der Waals surface area contributed by atoms with Gasteiger partial charge < -0.3 is 0 Å². The van der Waals surface area contributed by atoms with E-state index in [-0.39, 0.29) is 11.7 Å². The van der Waals surface area contributed by atoms with Crippen molar-refractivity contribution in [3.05, 3.63) is 25.3 Å². The van der Waals surface area contributed by atoms with Gasteiger partial charge in [0.05, 0.1) is 0 Å². The third kappa shape index (κ3) is 3.50. The highest BCUT2D eigenvalue weighted by atomic mass is 16.2. The van der Waals surface area contributed by atoms with Crippen molar-refractivity contribution < 1.29 is 9.59 Å². The Hall–Kier alpha value is -1.18. The Morgan fingerprint density at radius 2 is 1.73 bits per heavy atom. The van der Waals surface area contributed by atoms with Crippen LogP contribution in [-0.2, 0) is 9.59 Å². The van der Waals surface area contributed by atoms with Crippen LogP contribution in [0.25, 0.3) is 0 Å². The van der Waals surface area contributed by atoms with Crippen LogP contribution >= 0.6 is 0 Å². The third-order valence-corrected chi connectivity index (χ3v) is 1.42. The number of hydrogen-bond donors (Lipinski definition) is 0. The van der Waals surface area contributed by atoms with Gasteiger partial charge in [-0.3, -0.25) is 9.59 Å². The van der Waals surface area contributed by atoms with Crippen LogP contribution in [0.5, 0.6) is 0 Å². The van der Waals surface area contributed by atoms with Crippen molar-refractivity contribution >= 4 is 12.1 Å². The minimum absolute atomic E-state index is 0.248. The number of rotatable bonds is 6. The highest BCUT2D eigenvalue weighted by molar-refractivity contribution is 6.26. The molecule has 0 aromatic rings. The number of hydrogen-bond acceptors (Lipinski definition) is 2. The maximum atomic E-state index is 10.8. The van der Waals surface area contributed by atoms with Gasteiger partial charge in [0, 0.05) is 5.92 Å². The first kappa shape index (κ1) is 9.82. The van der Waals surface area contributed by atoms with E-state index in [4.69, 9.17) is 0 Å². The molecule has 0 heterocycles. The third-order valence-electron chi connectivity index (χ3n) is 1.42. The molecule has 0 bridgehead atoms. The zero-order chi connectivity index (χ0) is 8.69. The van der Waals surface area contributed by atoms with Gasteiger partial charge in [-0.1, -0.05) is 12.2 Å². The lowest BCUT2D eigenvalue weighted by Gasteiger charge is -2.05. The number of Topliss-reactive ketones (excluding diaryl/α,β-unsaturated/α-hetero) is 1.